The normalized spacial score (nSPS) is 11.0. The van der Waals surface area contributed by atoms with Crippen LogP contribution in [0.4, 0.5) is 0 Å². The molecular formula is C7H21NO. The Morgan fingerprint density at radius 3 is 2.00 bits per heavy atom. The highest BCUT2D eigenvalue weighted by molar-refractivity contribution is 4.40. The maximum absolute atomic E-state index is 5.08. The zero-order valence-electron chi connectivity index (χ0n) is 4.98. The Morgan fingerprint density at radius 2 is 1.89 bits per heavy atom. The van der Waals surface area contributed by atoms with Gasteiger partial charge in [-0.2, -0.15) is 0 Å². The molecule has 0 radical (unpaired) electrons. The van der Waals surface area contributed by atoms with E-state index in [4.69, 9.17) is 10.5 Å². The summed E-state index contributed by atoms with van der Waals surface area (Å²) in [4.78, 5) is 0. The molecule has 0 spiro atoms. The maximum atomic E-state index is 5.08. The molecule has 0 saturated heterocycles. The van der Waals surface area contributed by atoms with Crippen LogP contribution in [0.5, 0.6) is 0 Å². The van der Waals surface area contributed by atoms with E-state index in [1.165, 1.54) is 0 Å². The average molecular weight is 135 g/mol. The molecule has 0 bridgehead atoms. The summed E-state index contributed by atoms with van der Waals surface area (Å²) in [6, 6.07) is 0. The van der Waals surface area contributed by atoms with E-state index >= 15 is 0 Å². The van der Waals surface area contributed by atoms with Crippen LogP contribution >= 0.6 is 0 Å². The minimum atomic E-state index is 0. The fraction of sp³-hybridized carbons (Fsp3) is 1.00. The monoisotopic (exact) mass is 135 g/mol. The molecule has 2 nitrogen and oxygen atoms in total. The van der Waals surface area contributed by atoms with Crippen molar-refractivity contribution in [2.75, 3.05) is 6.73 Å². The molecule has 0 heterocycles. The van der Waals surface area contributed by atoms with Crippen molar-refractivity contribution < 1.29 is 4.74 Å². The Labute approximate surface area is 59.4 Å². The van der Waals surface area contributed by atoms with Crippen molar-refractivity contribution in [3.05, 3.63) is 0 Å². The highest BCUT2D eigenvalue weighted by Crippen LogP contribution is 1.91. The minimum absolute atomic E-state index is 0. The highest BCUT2D eigenvalue weighted by atomic mass is 16.5. The maximum Gasteiger partial charge on any atom is 0.0943 e. The summed E-state index contributed by atoms with van der Waals surface area (Å²) in [7, 11) is 0. The second kappa shape index (κ2) is 10.8. The molecule has 1 atom stereocenters. The van der Waals surface area contributed by atoms with Gasteiger partial charge in [0.15, 0.2) is 0 Å². The van der Waals surface area contributed by atoms with E-state index in [0.29, 0.717) is 12.8 Å². The third-order valence-electron chi connectivity index (χ3n) is 0.956. The second-order valence-electron chi connectivity index (χ2n) is 1.55. The van der Waals surface area contributed by atoms with Gasteiger partial charge in [0, 0.05) is 0 Å². The van der Waals surface area contributed by atoms with Gasteiger partial charge in [0.2, 0.25) is 0 Å². The van der Waals surface area contributed by atoms with Crippen LogP contribution in [-0.4, -0.2) is 12.8 Å². The van der Waals surface area contributed by atoms with Gasteiger partial charge in [-0.1, -0.05) is 21.8 Å². The lowest BCUT2D eigenvalue weighted by Crippen LogP contribution is -2.12. The first kappa shape index (κ1) is 16.0. The fourth-order valence-electron chi connectivity index (χ4n) is 0.282. The number of nitrogens with two attached hydrogens (primary N) is 1. The van der Waals surface area contributed by atoms with Gasteiger partial charge >= 0.3 is 0 Å². The first-order valence-corrected chi connectivity index (χ1v) is 2.63. The summed E-state index contributed by atoms with van der Waals surface area (Å²) >= 11 is 0. The lowest BCUT2D eigenvalue weighted by atomic mass is 10.3. The van der Waals surface area contributed by atoms with Crippen LogP contribution in [0.3, 0.4) is 0 Å². The summed E-state index contributed by atoms with van der Waals surface area (Å²) in [6.07, 6.45) is 1.36. The molecule has 0 aromatic heterocycles. The summed E-state index contributed by atoms with van der Waals surface area (Å²) in [5.74, 6) is 0. The van der Waals surface area contributed by atoms with Crippen molar-refractivity contribution in [3.63, 3.8) is 0 Å². The third kappa shape index (κ3) is 11.5. The lowest BCUT2D eigenvalue weighted by molar-refractivity contribution is 0.0687. The molecule has 0 aromatic carbocycles. The molecule has 0 aliphatic rings. The number of rotatable bonds is 3. The van der Waals surface area contributed by atoms with Crippen molar-refractivity contribution >= 4 is 0 Å². The summed E-state index contributed by atoms with van der Waals surface area (Å²) in [6.45, 7) is 4.42. The van der Waals surface area contributed by atoms with E-state index in [1.807, 2.05) is 6.92 Å². The molecule has 60 valence electrons. The summed E-state index contributed by atoms with van der Waals surface area (Å²) in [5.41, 5.74) is 5.08. The largest absolute Gasteiger partial charge is 0.364 e. The van der Waals surface area contributed by atoms with Gasteiger partial charge in [0.05, 0.1) is 12.8 Å². The Balaban J connectivity index is -0.000000180. The van der Waals surface area contributed by atoms with Crippen LogP contribution in [0.25, 0.3) is 0 Å². The van der Waals surface area contributed by atoms with E-state index in [-0.39, 0.29) is 14.9 Å². The Kier molecular flexibility index (Phi) is 19.2. The first-order valence-electron chi connectivity index (χ1n) is 2.63. The molecule has 2 N–H and O–H groups in total. The van der Waals surface area contributed by atoms with Gasteiger partial charge in [-0.05, 0) is 13.3 Å². The fourth-order valence-corrected chi connectivity index (χ4v) is 0.282. The molecule has 1 unspecified atom stereocenters. The van der Waals surface area contributed by atoms with Crippen LogP contribution in [-0.2, 0) is 4.74 Å². The van der Waals surface area contributed by atoms with E-state index in [1.54, 1.807) is 0 Å². The van der Waals surface area contributed by atoms with Crippen LogP contribution < -0.4 is 5.73 Å². The number of ether oxygens (including phenoxy) is 1. The first-order chi connectivity index (χ1) is 3.31. The number of hydrogen-bond donors (Lipinski definition) is 1. The Bertz CT molecular complexity index is 39.9. The minimum Gasteiger partial charge on any atom is -0.364 e. The van der Waals surface area contributed by atoms with Crippen molar-refractivity contribution in [3.8, 4) is 0 Å². The van der Waals surface area contributed by atoms with Gasteiger partial charge in [0.1, 0.15) is 0 Å². The van der Waals surface area contributed by atoms with Crippen LogP contribution in [0, 0.1) is 0 Å². The van der Waals surface area contributed by atoms with Crippen molar-refractivity contribution in [2.24, 2.45) is 5.73 Å². The molecule has 0 rings (SSSR count). The average Bonchev–Trinajstić information content (AvgIpc) is 1.68. The van der Waals surface area contributed by atoms with Crippen molar-refractivity contribution in [1.29, 1.82) is 0 Å². The molecule has 0 aliphatic heterocycles. The predicted molar refractivity (Wildman–Crippen MR) is 43.4 cm³/mol. The van der Waals surface area contributed by atoms with Gasteiger partial charge in [0.25, 0.3) is 0 Å². The lowest BCUT2D eigenvalue weighted by Gasteiger charge is -2.05. The van der Waals surface area contributed by atoms with Gasteiger partial charge in [-0.15, -0.1) is 0 Å². The van der Waals surface area contributed by atoms with Crippen LogP contribution in [0.1, 0.15) is 35.1 Å². The van der Waals surface area contributed by atoms with Crippen molar-refractivity contribution in [2.45, 2.75) is 41.2 Å². The molecule has 0 amide bonds. The SMILES string of the molecule is C.C.CCC(C)OCN. The van der Waals surface area contributed by atoms with Gasteiger partial charge in [-0.25, -0.2) is 0 Å². The van der Waals surface area contributed by atoms with E-state index in [0.717, 1.165) is 6.42 Å². The summed E-state index contributed by atoms with van der Waals surface area (Å²) in [5, 5.41) is 0. The summed E-state index contributed by atoms with van der Waals surface area (Å²) < 4.78 is 4.97. The standard InChI is InChI=1S/C5H13NO.2CH4/c1-3-5(2)7-4-6;;/h5H,3-4,6H2,1-2H3;2*1H4. The predicted octanol–water partition coefficient (Wildman–Crippen LogP) is 1.99. The van der Waals surface area contributed by atoms with E-state index in [2.05, 4.69) is 6.92 Å². The highest BCUT2D eigenvalue weighted by Gasteiger charge is 1.92. The van der Waals surface area contributed by atoms with Gasteiger partial charge in [-0.3, -0.25) is 0 Å². The van der Waals surface area contributed by atoms with Crippen LogP contribution in [0.15, 0.2) is 0 Å². The molecule has 2 heteroatoms. The molecule has 9 heavy (non-hydrogen) atoms. The molecule has 0 aromatic rings. The third-order valence-corrected chi connectivity index (χ3v) is 0.956. The van der Waals surface area contributed by atoms with Crippen LogP contribution in [0.2, 0.25) is 0 Å². The van der Waals surface area contributed by atoms with E-state index < -0.39 is 0 Å². The molecular weight excluding hydrogens is 114 g/mol. The second-order valence-corrected chi connectivity index (χ2v) is 1.55. The Hall–Kier alpha value is -0.0800. The van der Waals surface area contributed by atoms with Gasteiger partial charge < -0.3 is 10.5 Å². The zero-order chi connectivity index (χ0) is 5.70. The Morgan fingerprint density at radius 1 is 1.44 bits per heavy atom. The quantitative estimate of drug-likeness (QED) is 0.601. The van der Waals surface area contributed by atoms with Crippen molar-refractivity contribution in [1.82, 2.24) is 0 Å². The smallest absolute Gasteiger partial charge is 0.0943 e. The molecule has 0 aliphatic carbocycles. The zero-order valence-corrected chi connectivity index (χ0v) is 4.98. The number of hydrogen-bond acceptors (Lipinski definition) is 2. The molecule has 0 fully saturated rings. The van der Waals surface area contributed by atoms with E-state index in [9.17, 15) is 0 Å². The topological polar surface area (TPSA) is 35.2 Å². The molecule has 0 saturated carbocycles.